The van der Waals surface area contributed by atoms with Crippen molar-refractivity contribution < 1.29 is 30.1 Å². The van der Waals surface area contributed by atoms with Gasteiger partial charge in [-0.2, -0.15) is 0 Å². The van der Waals surface area contributed by atoms with Gasteiger partial charge < -0.3 is 20.1 Å². The first-order chi connectivity index (χ1) is 22.9. The number of rotatable bonds is 26. The van der Waals surface area contributed by atoms with Crippen molar-refractivity contribution >= 4 is 35.4 Å². The van der Waals surface area contributed by atoms with Gasteiger partial charge in [0.05, 0.1) is 18.6 Å². The molecule has 0 heterocycles. The molecule has 1 aromatic carbocycles. The average Bonchev–Trinajstić information content (AvgIpc) is 3.04. The van der Waals surface area contributed by atoms with Gasteiger partial charge in [0.15, 0.2) is 1.41 Å². The number of benzene rings is 1. The summed E-state index contributed by atoms with van der Waals surface area (Å²) in [5.41, 5.74) is -0.465. The molecule has 9 heteroatoms. The molecule has 0 spiro atoms. The van der Waals surface area contributed by atoms with Gasteiger partial charge in [-0.1, -0.05) is 128 Å². The minimum absolute atomic E-state index is 0.00945. The molecule has 0 saturated heterocycles. The fraction of sp³-hybridized carbons (Fsp3) is 0.737. The summed E-state index contributed by atoms with van der Waals surface area (Å²) in [5.74, 6) is -2.76. The van der Waals surface area contributed by atoms with Gasteiger partial charge in [-0.3, -0.25) is 14.4 Å². The molecule has 0 aliphatic carbocycles. The van der Waals surface area contributed by atoms with Gasteiger partial charge in [0.2, 0.25) is 11.8 Å². The molecule has 0 unspecified atom stereocenters. The lowest BCUT2D eigenvalue weighted by Gasteiger charge is -2.30. The van der Waals surface area contributed by atoms with E-state index < -0.39 is 47.2 Å². The molecule has 2 amide bonds. The Hall–Kier alpha value is -2.61. The molecule has 0 bridgehead atoms. The Morgan fingerprint density at radius 1 is 0.787 bits per heavy atom. The van der Waals surface area contributed by atoms with Crippen LogP contribution in [0.5, 0.6) is 0 Å². The molecule has 2 N–H and O–H groups in total. The second kappa shape index (κ2) is 24.5. The summed E-state index contributed by atoms with van der Waals surface area (Å²) >= 11 is 6.03. The summed E-state index contributed by atoms with van der Waals surface area (Å²) in [4.78, 5) is 53.1. The molecule has 0 saturated carbocycles. The molecular formula is C38H63ClN2O6. The van der Waals surface area contributed by atoms with Crippen LogP contribution in [0.25, 0.3) is 0 Å². The van der Waals surface area contributed by atoms with Crippen LogP contribution in [-0.4, -0.2) is 49.1 Å². The van der Waals surface area contributed by atoms with Crippen molar-refractivity contribution in [1.29, 1.82) is 0 Å². The Labute approximate surface area is 291 Å². The van der Waals surface area contributed by atoms with Crippen molar-refractivity contribution in [2.24, 2.45) is 5.92 Å². The van der Waals surface area contributed by atoms with E-state index in [0.29, 0.717) is 28.9 Å². The summed E-state index contributed by atoms with van der Waals surface area (Å²) in [6, 6.07) is 4.49. The lowest BCUT2D eigenvalue weighted by Crippen LogP contribution is -2.56. The summed E-state index contributed by atoms with van der Waals surface area (Å²) in [6.45, 7) is 11.8. The molecule has 2 atom stereocenters. The van der Waals surface area contributed by atoms with Crippen LogP contribution < -0.4 is 10.6 Å². The highest BCUT2D eigenvalue weighted by Gasteiger charge is 2.35. The van der Waals surface area contributed by atoms with Crippen LogP contribution in [0.15, 0.2) is 24.3 Å². The maximum atomic E-state index is 13.7. The molecule has 47 heavy (non-hydrogen) atoms. The van der Waals surface area contributed by atoms with Crippen molar-refractivity contribution in [3.63, 3.8) is 0 Å². The number of esters is 2. The summed E-state index contributed by atoms with van der Waals surface area (Å²) in [6.07, 6.45) is 15.1. The number of carbonyl (C=O) groups is 4. The predicted octanol–water partition coefficient (Wildman–Crippen LogP) is 8.61. The molecule has 1 aromatic rings. The van der Waals surface area contributed by atoms with Crippen LogP contribution in [0.1, 0.15) is 150 Å². The van der Waals surface area contributed by atoms with E-state index in [-0.39, 0.29) is 19.4 Å². The smallest absolute Gasteiger partial charge is 0.328 e. The number of hydrogen-bond donors (Lipinski definition) is 2. The average molecular weight is 680 g/mol. The maximum absolute atomic E-state index is 13.7. The first kappa shape index (κ1) is 40.6. The second-order valence-electron chi connectivity index (χ2n) is 13.5. The Morgan fingerprint density at radius 3 is 1.79 bits per heavy atom. The van der Waals surface area contributed by atoms with Gasteiger partial charge in [0.25, 0.3) is 0 Å². The Morgan fingerprint density at radius 2 is 1.28 bits per heavy atom. The SMILES string of the molecule is [2H]N(C(=O)C(C)(C)c1ccc(Cl)cc1)[C@H](C(=O)N[C@@H](CCC(=O)OCCCCCCCCC)C(=O)OCCCCCCCCC)C(C)C. The third-order valence-electron chi connectivity index (χ3n) is 8.50. The van der Waals surface area contributed by atoms with Gasteiger partial charge in [0.1, 0.15) is 12.1 Å². The van der Waals surface area contributed by atoms with Gasteiger partial charge in [-0.05, 0) is 56.7 Å². The summed E-state index contributed by atoms with van der Waals surface area (Å²) in [5, 5.41) is 3.94. The molecular weight excluding hydrogens is 616 g/mol. The summed E-state index contributed by atoms with van der Waals surface area (Å²) < 4.78 is 19.7. The van der Waals surface area contributed by atoms with Crippen LogP contribution in [0.3, 0.4) is 0 Å². The number of carbonyl (C=O) groups excluding carboxylic acids is 4. The van der Waals surface area contributed by atoms with Crippen molar-refractivity contribution in [2.75, 3.05) is 13.2 Å². The Bertz CT molecular complexity index is 1080. The number of amides is 2. The van der Waals surface area contributed by atoms with Gasteiger partial charge >= 0.3 is 11.9 Å². The maximum Gasteiger partial charge on any atom is 0.328 e. The quantitative estimate of drug-likeness (QED) is 0.0749. The zero-order chi connectivity index (χ0) is 36.0. The second-order valence-corrected chi connectivity index (χ2v) is 13.9. The minimum atomic E-state index is -1.19. The highest BCUT2D eigenvalue weighted by atomic mass is 35.5. The van der Waals surface area contributed by atoms with E-state index >= 15 is 0 Å². The van der Waals surface area contributed by atoms with E-state index in [1.165, 1.54) is 44.9 Å². The predicted molar refractivity (Wildman–Crippen MR) is 190 cm³/mol. The molecule has 8 nitrogen and oxygen atoms in total. The van der Waals surface area contributed by atoms with Gasteiger partial charge in [0, 0.05) is 11.4 Å². The molecule has 0 radical (unpaired) electrons. The lowest BCUT2D eigenvalue weighted by atomic mass is 9.83. The number of hydrogen-bond acceptors (Lipinski definition) is 6. The molecule has 0 aliphatic rings. The molecule has 0 aliphatic heterocycles. The number of nitrogens with one attached hydrogen (secondary N) is 2. The molecule has 268 valence electrons. The monoisotopic (exact) mass is 679 g/mol. The molecule has 1 rings (SSSR count). The fourth-order valence-electron chi connectivity index (χ4n) is 5.21. The zero-order valence-corrected chi connectivity index (χ0v) is 30.8. The van der Waals surface area contributed by atoms with Crippen molar-refractivity contribution in [3.05, 3.63) is 34.9 Å². The van der Waals surface area contributed by atoms with Gasteiger partial charge in [-0.25, -0.2) is 4.79 Å². The van der Waals surface area contributed by atoms with E-state index in [0.717, 1.165) is 38.5 Å². The van der Waals surface area contributed by atoms with E-state index in [9.17, 15) is 19.2 Å². The highest BCUT2D eigenvalue weighted by Crippen LogP contribution is 2.25. The third kappa shape index (κ3) is 17.9. The lowest BCUT2D eigenvalue weighted by molar-refractivity contribution is -0.149. The van der Waals surface area contributed by atoms with Crippen LogP contribution in [-0.2, 0) is 34.1 Å². The van der Waals surface area contributed by atoms with Crippen molar-refractivity contribution in [2.45, 2.75) is 162 Å². The zero-order valence-electron chi connectivity index (χ0n) is 31.0. The van der Waals surface area contributed by atoms with Gasteiger partial charge in [-0.15, -0.1) is 0 Å². The first-order valence-electron chi connectivity index (χ1n) is 18.5. The standard InChI is InChI=1S/C38H63ClN2O6/c1-7-9-11-13-15-17-19-27-46-33(42)26-25-32(36(44)47-28-20-18-16-14-12-10-8-2)40-35(43)34(29(3)4)41-37(45)38(5,6)30-21-23-31(39)24-22-30/h21-24,29,32,34H,7-20,25-28H2,1-6H3,(H,40,43)(H,41,45)/t32-,34-/m0/s1/i/hD. The number of ether oxygens (including phenoxy) is 2. The molecule has 0 aromatic heterocycles. The van der Waals surface area contributed by atoms with Crippen LogP contribution in [0, 0.1) is 5.92 Å². The largest absolute Gasteiger partial charge is 0.466 e. The summed E-state index contributed by atoms with van der Waals surface area (Å²) in [7, 11) is 0. The fourth-order valence-corrected chi connectivity index (χ4v) is 5.33. The Kier molecular flexibility index (Phi) is 21.2. The number of unbranched alkanes of at least 4 members (excludes halogenated alkanes) is 12. The topological polar surface area (TPSA) is 111 Å². The van der Waals surface area contributed by atoms with Crippen molar-refractivity contribution in [1.82, 2.24) is 10.6 Å². The molecule has 0 fully saturated rings. The van der Waals surface area contributed by atoms with Crippen LogP contribution >= 0.6 is 11.6 Å². The van der Waals surface area contributed by atoms with E-state index in [2.05, 4.69) is 19.2 Å². The first-order valence-corrected chi connectivity index (χ1v) is 18.5. The number of halogens is 1. The Balaban J connectivity index is 2.89. The van der Waals surface area contributed by atoms with Crippen LogP contribution in [0.2, 0.25) is 6.43 Å². The van der Waals surface area contributed by atoms with Crippen molar-refractivity contribution in [3.8, 4) is 0 Å². The van der Waals surface area contributed by atoms with Crippen LogP contribution in [0.4, 0.5) is 0 Å². The van der Waals surface area contributed by atoms with E-state index in [1.54, 1.807) is 52.0 Å². The minimum Gasteiger partial charge on any atom is -0.466 e. The van der Waals surface area contributed by atoms with E-state index in [4.69, 9.17) is 22.5 Å². The third-order valence-corrected chi connectivity index (χ3v) is 8.75. The normalized spacial score (nSPS) is 13.1. The van der Waals surface area contributed by atoms with E-state index in [1.807, 2.05) is 0 Å². The highest BCUT2D eigenvalue weighted by molar-refractivity contribution is 6.30.